The van der Waals surface area contributed by atoms with E-state index >= 15 is 0 Å². The summed E-state index contributed by atoms with van der Waals surface area (Å²) < 4.78 is 5.00. The fourth-order valence-electron chi connectivity index (χ4n) is 11.2. The minimum Gasteiger partial charge on any atom is -0.310 e. The average molecular weight is 988 g/mol. The topological polar surface area (TPSA) is 11.4 Å². The van der Waals surface area contributed by atoms with Crippen molar-refractivity contribution in [2.75, 3.05) is 9.80 Å². The molecule has 0 radical (unpaired) electrons. The maximum atomic E-state index is 2.48. The molecular formula is C72H49N3S. The summed E-state index contributed by atoms with van der Waals surface area (Å²) in [4.78, 5) is 4.85. The monoisotopic (exact) mass is 987 g/mol. The number of para-hydroxylation sites is 3. The van der Waals surface area contributed by atoms with Gasteiger partial charge in [0.1, 0.15) is 0 Å². The van der Waals surface area contributed by atoms with Gasteiger partial charge < -0.3 is 14.4 Å². The van der Waals surface area contributed by atoms with Crippen molar-refractivity contribution in [3.63, 3.8) is 0 Å². The molecule has 0 fully saturated rings. The number of aromatic nitrogens is 1. The summed E-state index contributed by atoms with van der Waals surface area (Å²) in [6, 6.07) is 108. The maximum Gasteiger partial charge on any atom is 0.0720 e. The van der Waals surface area contributed by atoms with Crippen LogP contribution in [0.4, 0.5) is 34.1 Å². The van der Waals surface area contributed by atoms with Crippen molar-refractivity contribution in [2.24, 2.45) is 0 Å². The van der Waals surface area contributed by atoms with Crippen molar-refractivity contribution < 1.29 is 0 Å². The SMILES string of the molecule is c1ccc(-c2ccc(N(c3ccccc3)c3cc(-c4cc5c6ccccc6n(-c6ccccc6)c5c5sc6ccccc6c45)cc(N(c4ccc(-c5ccccc5)cc4)c4ccc(-c5ccccc5)cc4)c3)cc2)cc1. The molecule has 14 rings (SSSR count). The van der Waals surface area contributed by atoms with E-state index in [1.807, 2.05) is 11.3 Å². The molecule has 0 N–H and O–H groups in total. The van der Waals surface area contributed by atoms with E-state index in [0.29, 0.717) is 0 Å². The standard InChI is InChI=1S/C72H49N3S/c1-6-20-50(21-7-1)53-34-40-59(41-35-53)73(57-26-12-4-13-27-57)62-46-56(66-49-67-64-30-16-18-32-68(64)75(58-28-14-5-15-29-58)71(67)72-70(66)65-31-17-19-33-69(65)76-72)47-63(48-62)74(60-42-36-54(37-43-60)51-22-8-2-9-23-51)61-44-38-55(39-45-61)52-24-10-3-11-25-52/h1-49H. The lowest BCUT2D eigenvalue weighted by Gasteiger charge is -2.30. The van der Waals surface area contributed by atoms with Crippen molar-refractivity contribution in [2.45, 2.75) is 0 Å². The summed E-state index contributed by atoms with van der Waals surface area (Å²) in [7, 11) is 0. The van der Waals surface area contributed by atoms with Gasteiger partial charge >= 0.3 is 0 Å². The molecular weight excluding hydrogens is 939 g/mol. The van der Waals surface area contributed by atoms with Crippen LogP contribution < -0.4 is 9.80 Å². The van der Waals surface area contributed by atoms with Crippen LogP contribution in [0, 0.1) is 0 Å². The van der Waals surface area contributed by atoms with Gasteiger partial charge in [0.25, 0.3) is 0 Å². The third-order valence-electron chi connectivity index (χ3n) is 14.7. The van der Waals surface area contributed by atoms with Gasteiger partial charge in [-0.3, -0.25) is 0 Å². The highest BCUT2D eigenvalue weighted by molar-refractivity contribution is 7.26. The first-order valence-electron chi connectivity index (χ1n) is 25.9. The quantitative estimate of drug-likeness (QED) is 0.128. The van der Waals surface area contributed by atoms with Crippen molar-refractivity contribution in [1.82, 2.24) is 4.57 Å². The lowest BCUT2D eigenvalue weighted by molar-refractivity contribution is 1.19. The van der Waals surface area contributed by atoms with E-state index in [0.717, 1.165) is 45.4 Å². The molecule has 2 heterocycles. The molecule has 0 aliphatic heterocycles. The van der Waals surface area contributed by atoms with Crippen LogP contribution in [0.3, 0.4) is 0 Å². The lowest BCUT2D eigenvalue weighted by Crippen LogP contribution is -2.13. The highest BCUT2D eigenvalue weighted by atomic mass is 32.1. The summed E-state index contributed by atoms with van der Waals surface area (Å²) in [6.45, 7) is 0. The molecule has 2 aromatic heterocycles. The van der Waals surface area contributed by atoms with Gasteiger partial charge in [0.2, 0.25) is 0 Å². The molecule has 0 saturated carbocycles. The van der Waals surface area contributed by atoms with Gasteiger partial charge in [-0.15, -0.1) is 11.3 Å². The number of anilines is 6. The zero-order chi connectivity index (χ0) is 50.4. The maximum absolute atomic E-state index is 2.48. The molecule has 76 heavy (non-hydrogen) atoms. The highest BCUT2D eigenvalue weighted by Gasteiger charge is 2.25. The van der Waals surface area contributed by atoms with Crippen LogP contribution in [0.5, 0.6) is 0 Å². The number of thiophene rings is 1. The Morgan fingerprint density at radius 3 is 1.17 bits per heavy atom. The van der Waals surface area contributed by atoms with Crippen molar-refractivity contribution in [1.29, 1.82) is 0 Å². The predicted octanol–water partition coefficient (Wildman–Crippen LogP) is 20.8. The summed E-state index contributed by atoms with van der Waals surface area (Å²) >= 11 is 1.89. The van der Waals surface area contributed by atoms with E-state index in [4.69, 9.17) is 0 Å². The molecule has 4 heteroatoms. The smallest absolute Gasteiger partial charge is 0.0720 e. The Morgan fingerprint density at radius 2 is 0.671 bits per heavy atom. The number of hydrogen-bond donors (Lipinski definition) is 0. The van der Waals surface area contributed by atoms with E-state index < -0.39 is 0 Å². The third-order valence-corrected chi connectivity index (χ3v) is 15.9. The summed E-state index contributed by atoms with van der Waals surface area (Å²) in [5.74, 6) is 0. The molecule has 0 aliphatic rings. The molecule has 0 saturated heterocycles. The van der Waals surface area contributed by atoms with Gasteiger partial charge in [-0.05, 0) is 142 Å². The fourth-order valence-corrected chi connectivity index (χ4v) is 12.5. The Labute approximate surface area is 446 Å². The number of rotatable bonds is 11. The van der Waals surface area contributed by atoms with Crippen LogP contribution in [0.15, 0.2) is 297 Å². The molecule has 12 aromatic carbocycles. The van der Waals surface area contributed by atoms with E-state index in [1.165, 1.54) is 80.9 Å². The van der Waals surface area contributed by atoms with Crippen molar-refractivity contribution >= 4 is 87.4 Å². The van der Waals surface area contributed by atoms with Crippen LogP contribution in [0.1, 0.15) is 0 Å². The van der Waals surface area contributed by atoms with Crippen LogP contribution in [-0.4, -0.2) is 4.57 Å². The Morgan fingerprint density at radius 1 is 0.276 bits per heavy atom. The van der Waals surface area contributed by atoms with Gasteiger partial charge in [-0.25, -0.2) is 0 Å². The Balaban J connectivity index is 1.06. The summed E-state index contributed by atoms with van der Waals surface area (Å²) in [5, 5.41) is 4.95. The molecule has 14 aromatic rings. The van der Waals surface area contributed by atoms with E-state index in [1.54, 1.807) is 0 Å². The lowest BCUT2D eigenvalue weighted by atomic mass is 9.95. The fraction of sp³-hybridized carbons (Fsp3) is 0. The van der Waals surface area contributed by atoms with Gasteiger partial charge in [-0.1, -0.05) is 200 Å². The Bertz CT molecular complexity index is 4260. The first kappa shape index (κ1) is 44.9. The number of fused-ring (bicyclic) bond motifs is 7. The normalized spacial score (nSPS) is 11.4. The second-order valence-electron chi connectivity index (χ2n) is 19.3. The number of nitrogens with zero attached hydrogens (tertiary/aromatic N) is 3. The zero-order valence-electron chi connectivity index (χ0n) is 41.5. The first-order chi connectivity index (χ1) is 37.7. The molecule has 0 aliphatic carbocycles. The van der Waals surface area contributed by atoms with Crippen LogP contribution in [-0.2, 0) is 0 Å². The molecule has 0 atom stereocenters. The summed E-state index contributed by atoms with van der Waals surface area (Å²) in [5.41, 5.74) is 19.3. The van der Waals surface area contributed by atoms with Gasteiger partial charge in [0.15, 0.2) is 0 Å². The molecule has 358 valence electrons. The predicted molar refractivity (Wildman–Crippen MR) is 325 cm³/mol. The number of benzene rings is 12. The van der Waals surface area contributed by atoms with Crippen LogP contribution >= 0.6 is 11.3 Å². The van der Waals surface area contributed by atoms with Gasteiger partial charge in [0, 0.05) is 66.1 Å². The van der Waals surface area contributed by atoms with Gasteiger partial charge in [-0.2, -0.15) is 0 Å². The van der Waals surface area contributed by atoms with E-state index in [2.05, 4.69) is 312 Å². The molecule has 0 amide bonds. The molecule has 0 spiro atoms. The second-order valence-corrected chi connectivity index (χ2v) is 20.3. The highest BCUT2D eigenvalue weighted by Crippen LogP contribution is 2.50. The van der Waals surface area contributed by atoms with Crippen LogP contribution in [0.2, 0.25) is 0 Å². The Kier molecular flexibility index (Phi) is 11.4. The van der Waals surface area contributed by atoms with Crippen molar-refractivity contribution in [3.05, 3.63) is 297 Å². The zero-order valence-corrected chi connectivity index (χ0v) is 42.4. The van der Waals surface area contributed by atoms with Crippen molar-refractivity contribution in [3.8, 4) is 50.2 Å². The van der Waals surface area contributed by atoms with Crippen LogP contribution in [0.25, 0.3) is 92.2 Å². The first-order valence-corrected chi connectivity index (χ1v) is 26.7. The van der Waals surface area contributed by atoms with E-state index in [-0.39, 0.29) is 0 Å². The van der Waals surface area contributed by atoms with Gasteiger partial charge in [0.05, 0.1) is 15.7 Å². The minimum atomic E-state index is 1.04. The second kappa shape index (κ2) is 19.3. The number of hydrogen-bond acceptors (Lipinski definition) is 3. The molecule has 0 bridgehead atoms. The molecule has 3 nitrogen and oxygen atoms in total. The largest absolute Gasteiger partial charge is 0.310 e. The molecule has 0 unspecified atom stereocenters. The third kappa shape index (κ3) is 8.09. The Hall–Kier alpha value is -9.74. The van der Waals surface area contributed by atoms with E-state index in [9.17, 15) is 0 Å². The average Bonchev–Trinajstić information content (AvgIpc) is 4.21. The minimum absolute atomic E-state index is 1.04. The summed E-state index contributed by atoms with van der Waals surface area (Å²) in [6.07, 6.45) is 0.